The van der Waals surface area contributed by atoms with Gasteiger partial charge >= 0.3 is 0 Å². The Hall–Kier alpha value is -2.49. The van der Waals surface area contributed by atoms with Crippen LogP contribution in [0.1, 0.15) is 0 Å². The fraction of sp³-hybridized carbons (Fsp3) is 0. The molecule has 0 amide bonds. The van der Waals surface area contributed by atoms with Crippen molar-refractivity contribution in [1.29, 1.82) is 0 Å². The first-order chi connectivity index (χ1) is 8.24. The molecule has 0 unspecified atom stereocenters. The first kappa shape index (κ1) is 9.72. The smallest absolute Gasteiger partial charge is 0.174 e. The number of nitrogens with zero attached hydrogens (tertiary/aromatic N) is 1. The van der Waals surface area contributed by atoms with Crippen molar-refractivity contribution in [3.05, 3.63) is 42.5 Å². The Morgan fingerprint density at radius 3 is 2.82 bits per heavy atom. The predicted molar refractivity (Wildman–Crippen MR) is 65.5 cm³/mol. The number of phenolic OH excluding ortho intramolecular Hbond substituents is 1. The van der Waals surface area contributed by atoms with Crippen LogP contribution in [0.3, 0.4) is 0 Å². The first-order valence-corrected chi connectivity index (χ1v) is 5.18. The minimum Gasteiger partial charge on any atom is -0.508 e. The van der Waals surface area contributed by atoms with E-state index in [1.807, 2.05) is 12.1 Å². The summed E-state index contributed by atoms with van der Waals surface area (Å²) >= 11 is 0. The monoisotopic (exact) mass is 226 g/mol. The van der Waals surface area contributed by atoms with Crippen LogP contribution in [0.4, 0.5) is 5.69 Å². The summed E-state index contributed by atoms with van der Waals surface area (Å²) in [5.74, 6) is 0.832. The maximum absolute atomic E-state index is 9.45. The quantitative estimate of drug-likeness (QED) is 0.626. The van der Waals surface area contributed by atoms with Crippen LogP contribution in [0.15, 0.2) is 47.0 Å². The molecule has 3 rings (SSSR count). The van der Waals surface area contributed by atoms with E-state index in [0.717, 1.165) is 10.9 Å². The average Bonchev–Trinajstić information content (AvgIpc) is 2.71. The largest absolute Gasteiger partial charge is 0.508 e. The van der Waals surface area contributed by atoms with Gasteiger partial charge in [0.05, 0.1) is 0 Å². The van der Waals surface area contributed by atoms with E-state index >= 15 is 0 Å². The van der Waals surface area contributed by atoms with Crippen LogP contribution in [-0.4, -0.2) is 10.3 Å². The summed E-state index contributed by atoms with van der Waals surface area (Å²) < 4.78 is 5.29. The third-order valence-electron chi connectivity index (χ3n) is 2.61. The minimum atomic E-state index is 0.197. The zero-order chi connectivity index (χ0) is 11.8. The highest BCUT2D eigenvalue weighted by molar-refractivity contribution is 5.93. The van der Waals surface area contributed by atoms with Gasteiger partial charge in [0.15, 0.2) is 5.76 Å². The highest BCUT2D eigenvalue weighted by Gasteiger charge is 2.10. The van der Waals surface area contributed by atoms with Crippen molar-refractivity contribution >= 4 is 16.6 Å². The molecule has 1 heterocycles. The van der Waals surface area contributed by atoms with Crippen molar-refractivity contribution in [3.63, 3.8) is 0 Å². The number of hydrogen-bond acceptors (Lipinski definition) is 4. The topological polar surface area (TPSA) is 72.3 Å². The molecule has 0 radical (unpaired) electrons. The summed E-state index contributed by atoms with van der Waals surface area (Å²) in [4.78, 5) is 0. The van der Waals surface area contributed by atoms with Crippen molar-refractivity contribution in [2.45, 2.75) is 0 Å². The molecule has 0 aliphatic rings. The second-order valence-corrected chi connectivity index (χ2v) is 3.84. The molecular weight excluding hydrogens is 216 g/mol. The number of hydrogen-bond donors (Lipinski definition) is 2. The van der Waals surface area contributed by atoms with E-state index in [9.17, 15) is 5.11 Å². The molecule has 17 heavy (non-hydrogen) atoms. The van der Waals surface area contributed by atoms with E-state index < -0.39 is 0 Å². The van der Waals surface area contributed by atoms with E-state index in [0.29, 0.717) is 17.0 Å². The molecule has 0 spiro atoms. The number of phenols is 1. The molecule has 0 aliphatic carbocycles. The summed E-state index contributed by atoms with van der Waals surface area (Å²) in [5, 5.41) is 14.3. The molecule has 0 saturated carbocycles. The molecule has 4 nitrogen and oxygen atoms in total. The zero-order valence-corrected chi connectivity index (χ0v) is 8.92. The minimum absolute atomic E-state index is 0.197. The van der Waals surface area contributed by atoms with Gasteiger partial charge in [-0.1, -0.05) is 17.3 Å². The Morgan fingerprint density at radius 1 is 1.12 bits per heavy atom. The van der Waals surface area contributed by atoms with Gasteiger partial charge in [0.1, 0.15) is 11.3 Å². The maximum Gasteiger partial charge on any atom is 0.174 e. The highest BCUT2D eigenvalue weighted by atomic mass is 16.5. The van der Waals surface area contributed by atoms with E-state index in [2.05, 4.69) is 5.16 Å². The van der Waals surface area contributed by atoms with Crippen LogP contribution in [0, 0.1) is 0 Å². The zero-order valence-electron chi connectivity index (χ0n) is 8.92. The number of anilines is 1. The number of aromatic hydroxyl groups is 1. The lowest BCUT2D eigenvalue weighted by molar-refractivity contribution is 0.440. The summed E-state index contributed by atoms with van der Waals surface area (Å²) in [6.07, 6.45) is 0. The molecule has 0 atom stereocenters. The van der Waals surface area contributed by atoms with Gasteiger partial charge in [-0.2, -0.15) is 0 Å². The third kappa shape index (κ3) is 1.59. The second-order valence-electron chi connectivity index (χ2n) is 3.84. The average molecular weight is 226 g/mol. The van der Waals surface area contributed by atoms with Gasteiger partial charge in [-0.05, 0) is 30.3 Å². The second kappa shape index (κ2) is 3.52. The number of nitrogens with two attached hydrogens (primary N) is 1. The van der Waals surface area contributed by atoms with Crippen LogP contribution < -0.4 is 5.73 Å². The summed E-state index contributed by atoms with van der Waals surface area (Å²) in [5.41, 5.74) is 7.82. The van der Waals surface area contributed by atoms with Gasteiger partial charge in [0.2, 0.25) is 0 Å². The van der Waals surface area contributed by atoms with E-state index in [4.69, 9.17) is 10.3 Å². The molecule has 1 aromatic heterocycles. The van der Waals surface area contributed by atoms with Gasteiger partial charge in [-0.15, -0.1) is 0 Å². The van der Waals surface area contributed by atoms with E-state index in [-0.39, 0.29) is 5.75 Å². The molecule has 84 valence electrons. The van der Waals surface area contributed by atoms with Gasteiger partial charge in [-0.3, -0.25) is 0 Å². The van der Waals surface area contributed by atoms with Crippen molar-refractivity contribution in [2.75, 3.05) is 5.73 Å². The molecule has 4 heteroatoms. The lowest BCUT2D eigenvalue weighted by Gasteiger charge is -1.97. The first-order valence-electron chi connectivity index (χ1n) is 5.18. The van der Waals surface area contributed by atoms with Crippen LogP contribution in [0.5, 0.6) is 5.75 Å². The molecular formula is C13H10N2O2. The van der Waals surface area contributed by atoms with Gasteiger partial charge in [0, 0.05) is 16.6 Å². The standard InChI is InChI=1S/C13H10N2O2/c14-9-4-5-11-12(7-9)15-17-13(11)8-2-1-3-10(16)6-8/h1-7,16H,14H2. The van der Waals surface area contributed by atoms with Crippen LogP contribution >= 0.6 is 0 Å². The summed E-state index contributed by atoms with van der Waals surface area (Å²) in [6.45, 7) is 0. The van der Waals surface area contributed by atoms with Crippen LogP contribution in [0.25, 0.3) is 22.2 Å². The van der Waals surface area contributed by atoms with E-state index in [1.165, 1.54) is 0 Å². The number of aromatic nitrogens is 1. The summed E-state index contributed by atoms with van der Waals surface area (Å²) in [7, 11) is 0. The Labute approximate surface area is 97.3 Å². The molecule has 3 aromatic rings. The lowest BCUT2D eigenvalue weighted by Crippen LogP contribution is -1.82. The predicted octanol–water partition coefficient (Wildman–Crippen LogP) is 2.78. The fourth-order valence-corrected chi connectivity index (χ4v) is 1.82. The maximum atomic E-state index is 9.45. The van der Waals surface area contributed by atoms with Gasteiger partial charge in [0.25, 0.3) is 0 Å². The molecule has 0 aliphatic heterocycles. The Balaban J connectivity index is 2.24. The van der Waals surface area contributed by atoms with Crippen molar-refractivity contribution in [2.24, 2.45) is 0 Å². The lowest BCUT2D eigenvalue weighted by atomic mass is 10.1. The number of nitrogen functional groups attached to an aromatic ring is 1. The van der Waals surface area contributed by atoms with Crippen molar-refractivity contribution < 1.29 is 9.63 Å². The highest BCUT2D eigenvalue weighted by Crippen LogP contribution is 2.31. The van der Waals surface area contributed by atoms with Crippen LogP contribution in [0.2, 0.25) is 0 Å². The van der Waals surface area contributed by atoms with Gasteiger partial charge < -0.3 is 15.4 Å². The molecule has 0 saturated heterocycles. The molecule has 0 fully saturated rings. The van der Waals surface area contributed by atoms with Crippen LogP contribution in [-0.2, 0) is 0 Å². The molecule has 0 bridgehead atoms. The summed E-state index contributed by atoms with van der Waals surface area (Å²) in [6, 6.07) is 12.3. The SMILES string of the molecule is Nc1ccc2c(-c3cccc(O)c3)onc2c1. The van der Waals surface area contributed by atoms with Gasteiger partial charge in [-0.25, -0.2) is 0 Å². The normalized spacial score (nSPS) is 10.8. The number of benzene rings is 2. The Bertz CT molecular complexity index is 689. The Kier molecular flexibility index (Phi) is 2.01. The van der Waals surface area contributed by atoms with Crippen molar-refractivity contribution in [1.82, 2.24) is 5.16 Å². The Morgan fingerprint density at radius 2 is 2.00 bits per heavy atom. The van der Waals surface area contributed by atoms with Crippen molar-refractivity contribution in [3.8, 4) is 17.1 Å². The molecule has 2 aromatic carbocycles. The number of fused-ring (bicyclic) bond motifs is 1. The van der Waals surface area contributed by atoms with E-state index in [1.54, 1.807) is 30.3 Å². The molecule has 3 N–H and O–H groups in total. The number of rotatable bonds is 1. The fourth-order valence-electron chi connectivity index (χ4n) is 1.82. The third-order valence-corrected chi connectivity index (χ3v) is 2.61.